The number of rotatable bonds is 8. The van der Waals surface area contributed by atoms with Crippen LogP contribution in [-0.2, 0) is 26.2 Å². The van der Waals surface area contributed by atoms with Gasteiger partial charge in [-0.15, -0.1) is 0 Å². The van der Waals surface area contributed by atoms with E-state index in [2.05, 4.69) is 0 Å². The molecule has 1 aromatic heterocycles. The van der Waals surface area contributed by atoms with Gasteiger partial charge in [-0.25, -0.2) is 0 Å². The van der Waals surface area contributed by atoms with Crippen LogP contribution in [0.4, 0.5) is 0 Å². The third kappa shape index (κ3) is 3.15. The van der Waals surface area contributed by atoms with Crippen LogP contribution in [0.25, 0.3) is 0 Å². The van der Waals surface area contributed by atoms with Crippen molar-refractivity contribution in [1.29, 1.82) is 0 Å². The van der Waals surface area contributed by atoms with Gasteiger partial charge in [-0.05, 0) is 19.1 Å². The van der Waals surface area contributed by atoms with Crippen molar-refractivity contribution in [1.82, 2.24) is 0 Å². The summed E-state index contributed by atoms with van der Waals surface area (Å²) in [6, 6.07) is 3.19. The van der Waals surface area contributed by atoms with Gasteiger partial charge in [0.15, 0.2) is 11.2 Å². The number of carboxylic acids is 1. The van der Waals surface area contributed by atoms with Gasteiger partial charge in [0.25, 0.3) is 0 Å². The smallest absolute Gasteiger partial charge is 0.324 e. The lowest BCUT2D eigenvalue weighted by molar-refractivity contribution is -0.149. The van der Waals surface area contributed by atoms with Crippen LogP contribution in [0.3, 0.4) is 0 Å². The number of carboxylic acid groups (broad SMARTS) is 1. The molecule has 1 N–H and O–H groups in total. The highest BCUT2D eigenvalue weighted by Gasteiger charge is 2.45. The molecule has 110 valence electrons. The number of hydrogen-bond donors (Lipinski definition) is 1. The van der Waals surface area contributed by atoms with Gasteiger partial charge in [0.1, 0.15) is 17.3 Å². The standard InChI is InChI=1S/C15H20O5/c1-4-10(16)6-8-12(17)15(3,14(18)19)13-9-7-11(5-2)20-13/h7,9H,4-6,8H2,1-3H3,(H,18,19). The van der Waals surface area contributed by atoms with Gasteiger partial charge in [-0.3, -0.25) is 14.4 Å². The van der Waals surface area contributed by atoms with Crippen molar-refractivity contribution in [3.8, 4) is 0 Å². The third-order valence-electron chi connectivity index (χ3n) is 3.51. The van der Waals surface area contributed by atoms with Crippen molar-refractivity contribution in [3.63, 3.8) is 0 Å². The zero-order chi connectivity index (χ0) is 15.3. The first kappa shape index (κ1) is 16.1. The summed E-state index contributed by atoms with van der Waals surface area (Å²) in [4.78, 5) is 35.0. The predicted octanol–water partition coefficient (Wildman–Crippen LogP) is 2.51. The first-order valence-electron chi connectivity index (χ1n) is 6.73. The molecular weight excluding hydrogens is 260 g/mol. The van der Waals surface area contributed by atoms with E-state index in [1.54, 1.807) is 13.0 Å². The molecule has 0 aromatic carbocycles. The van der Waals surface area contributed by atoms with Crippen LogP contribution in [-0.4, -0.2) is 22.6 Å². The van der Waals surface area contributed by atoms with Crippen LogP contribution in [0, 0.1) is 0 Å². The van der Waals surface area contributed by atoms with E-state index in [1.807, 2.05) is 6.92 Å². The van der Waals surface area contributed by atoms with E-state index in [4.69, 9.17) is 4.42 Å². The van der Waals surface area contributed by atoms with Crippen molar-refractivity contribution < 1.29 is 23.9 Å². The largest absolute Gasteiger partial charge is 0.480 e. The van der Waals surface area contributed by atoms with E-state index in [0.29, 0.717) is 18.6 Å². The lowest BCUT2D eigenvalue weighted by atomic mass is 9.81. The maximum absolute atomic E-state index is 12.2. The molecule has 1 aromatic rings. The summed E-state index contributed by atoms with van der Waals surface area (Å²) < 4.78 is 5.43. The minimum Gasteiger partial charge on any atom is -0.480 e. The fourth-order valence-electron chi connectivity index (χ4n) is 1.88. The molecule has 20 heavy (non-hydrogen) atoms. The topological polar surface area (TPSA) is 84.6 Å². The number of aryl methyl sites for hydroxylation is 1. The van der Waals surface area contributed by atoms with E-state index in [0.717, 1.165) is 0 Å². The van der Waals surface area contributed by atoms with E-state index in [9.17, 15) is 19.5 Å². The molecule has 1 atom stereocenters. The molecule has 1 heterocycles. The number of carbonyl (C=O) groups is 3. The summed E-state index contributed by atoms with van der Waals surface area (Å²) in [5, 5.41) is 9.39. The van der Waals surface area contributed by atoms with Crippen LogP contribution in [0.15, 0.2) is 16.5 Å². The van der Waals surface area contributed by atoms with Gasteiger partial charge in [0.2, 0.25) is 0 Å². The van der Waals surface area contributed by atoms with Crippen molar-refractivity contribution in [2.24, 2.45) is 0 Å². The second kappa shape index (κ2) is 6.50. The number of ketones is 2. The van der Waals surface area contributed by atoms with Crippen molar-refractivity contribution in [3.05, 3.63) is 23.7 Å². The van der Waals surface area contributed by atoms with E-state index in [-0.39, 0.29) is 24.4 Å². The van der Waals surface area contributed by atoms with E-state index < -0.39 is 17.2 Å². The van der Waals surface area contributed by atoms with Crippen LogP contribution in [0.1, 0.15) is 51.6 Å². The molecule has 0 aliphatic heterocycles. The van der Waals surface area contributed by atoms with Crippen molar-refractivity contribution in [2.75, 3.05) is 0 Å². The number of Topliss-reactive ketones (excluding diaryl/α,β-unsaturated/α-hetero) is 2. The Labute approximate surface area is 118 Å². The Balaban J connectivity index is 2.99. The van der Waals surface area contributed by atoms with Crippen molar-refractivity contribution in [2.45, 2.75) is 51.9 Å². The summed E-state index contributed by atoms with van der Waals surface area (Å²) in [6.07, 6.45) is 0.952. The SMILES string of the molecule is CCC(=O)CCC(=O)C(C)(C(=O)O)c1ccc(CC)o1. The zero-order valence-electron chi connectivity index (χ0n) is 12.1. The Morgan fingerprint density at radius 1 is 1.20 bits per heavy atom. The van der Waals surface area contributed by atoms with E-state index >= 15 is 0 Å². The Bertz CT molecular complexity index is 514. The highest BCUT2D eigenvalue weighted by molar-refractivity contribution is 6.08. The first-order valence-corrected chi connectivity index (χ1v) is 6.73. The van der Waals surface area contributed by atoms with Crippen molar-refractivity contribution >= 4 is 17.5 Å². The summed E-state index contributed by atoms with van der Waals surface area (Å²) in [6.45, 7) is 4.91. The Hall–Kier alpha value is -1.91. The van der Waals surface area contributed by atoms with Gasteiger partial charge in [0, 0.05) is 25.7 Å². The Kier molecular flexibility index (Phi) is 5.25. The highest BCUT2D eigenvalue weighted by atomic mass is 16.4. The van der Waals surface area contributed by atoms with Crippen LogP contribution in [0.5, 0.6) is 0 Å². The van der Waals surface area contributed by atoms with Crippen LogP contribution >= 0.6 is 0 Å². The maximum atomic E-state index is 12.2. The molecule has 1 unspecified atom stereocenters. The molecule has 0 aliphatic carbocycles. The van der Waals surface area contributed by atoms with Gasteiger partial charge < -0.3 is 9.52 Å². The zero-order valence-corrected chi connectivity index (χ0v) is 12.1. The van der Waals surface area contributed by atoms with Crippen LogP contribution in [0.2, 0.25) is 0 Å². The summed E-state index contributed by atoms with van der Waals surface area (Å²) in [7, 11) is 0. The fraction of sp³-hybridized carbons (Fsp3) is 0.533. The highest BCUT2D eigenvalue weighted by Crippen LogP contribution is 2.29. The van der Waals surface area contributed by atoms with Gasteiger partial charge >= 0.3 is 5.97 Å². The fourth-order valence-corrected chi connectivity index (χ4v) is 1.88. The van der Waals surface area contributed by atoms with Crippen LogP contribution < -0.4 is 0 Å². The lowest BCUT2D eigenvalue weighted by Crippen LogP contribution is -2.40. The minimum atomic E-state index is -1.73. The number of hydrogen-bond acceptors (Lipinski definition) is 4. The molecule has 0 fully saturated rings. The molecule has 0 saturated carbocycles. The average Bonchev–Trinajstić information content (AvgIpc) is 2.92. The third-order valence-corrected chi connectivity index (χ3v) is 3.51. The van der Waals surface area contributed by atoms with E-state index in [1.165, 1.54) is 13.0 Å². The quantitative estimate of drug-likeness (QED) is 0.739. The average molecular weight is 280 g/mol. The molecule has 5 heteroatoms. The minimum absolute atomic E-state index is 0.0558. The maximum Gasteiger partial charge on any atom is 0.324 e. The summed E-state index contributed by atoms with van der Waals surface area (Å²) >= 11 is 0. The second-order valence-electron chi connectivity index (χ2n) is 4.87. The number of furan rings is 1. The second-order valence-corrected chi connectivity index (χ2v) is 4.87. The molecule has 0 aliphatic rings. The number of carbonyl (C=O) groups excluding carboxylic acids is 2. The first-order chi connectivity index (χ1) is 9.36. The normalized spacial score (nSPS) is 13.8. The molecule has 0 bridgehead atoms. The molecule has 0 radical (unpaired) electrons. The number of aliphatic carboxylic acids is 1. The lowest BCUT2D eigenvalue weighted by Gasteiger charge is -2.20. The summed E-state index contributed by atoms with van der Waals surface area (Å²) in [5.74, 6) is -1.08. The monoisotopic (exact) mass is 280 g/mol. The molecule has 0 spiro atoms. The molecule has 5 nitrogen and oxygen atoms in total. The molecule has 1 rings (SSSR count). The molecule has 0 saturated heterocycles. The summed E-state index contributed by atoms with van der Waals surface area (Å²) in [5.41, 5.74) is -1.73. The predicted molar refractivity (Wildman–Crippen MR) is 72.6 cm³/mol. The molecule has 0 amide bonds. The van der Waals surface area contributed by atoms with Gasteiger partial charge in [0.05, 0.1) is 0 Å². The van der Waals surface area contributed by atoms with Gasteiger partial charge in [-0.1, -0.05) is 13.8 Å². The molecular formula is C15H20O5. The van der Waals surface area contributed by atoms with Gasteiger partial charge in [-0.2, -0.15) is 0 Å². The Morgan fingerprint density at radius 2 is 1.85 bits per heavy atom. The Morgan fingerprint density at radius 3 is 2.30 bits per heavy atom.